The second-order valence-corrected chi connectivity index (χ2v) is 5.65. The third kappa shape index (κ3) is 2.40. The van der Waals surface area contributed by atoms with Crippen molar-refractivity contribution in [1.29, 1.82) is 0 Å². The van der Waals surface area contributed by atoms with Crippen LogP contribution >= 0.6 is 11.5 Å². The molecule has 0 spiro atoms. The largest absolute Gasteiger partial charge is 0.478 e. The van der Waals surface area contributed by atoms with E-state index in [-0.39, 0.29) is 11.5 Å². The van der Waals surface area contributed by atoms with E-state index in [1.54, 1.807) is 24.0 Å². The molecule has 1 aliphatic rings. The molecular formula is C14H13N3O3S. The van der Waals surface area contributed by atoms with E-state index in [2.05, 4.69) is 9.59 Å². The van der Waals surface area contributed by atoms with Crippen LogP contribution in [0.15, 0.2) is 18.2 Å². The molecule has 2 heterocycles. The van der Waals surface area contributed by atoms with Gasteiger partial charge in [-0.05, 0) is 55.1 Å². The quantitative estimate of drug-likeness (QED) is 0.919. The molecule has 0 bridgehead atoms. The van der Waals surface area contributed by atoms with Crippen LogP contribution < -0.4 is 4.90 Å². The Labute approximate surface area is 125 Å². The van der Waals surface area contributed by atoms with Crippen molar-refractivity contribution in [2.45, 2.75) is 19.8 Å². The highest BCUT2D eigenvalue weighted by Crippen LogP contribution is 2.30. The fourth-order valence-corrected chi connectivity index (χ4v) is 3.10. The maximum absolute atomic E-state index is 12.6. The Balaban J connectivity index is 1.99. The minimum absolute atomic E-state index is 0.119. The highest BCUT2D eigenvalue weighted by Gasteiger charge is 2.26. The van der Waals surface area contributed by atoms with Crippen LogP contribution in [-0.4, -0.2) is 33.1 Å². The number of benzene rings is 1. The number of hydrogen-bond donors (Lipinski definition) is 1. The van der Waals surface area contributed by atoms with E-state index in [1.165, 1.54) is 6.07 Å². The predicted molar refractivity (Wildman–Crippen MR) is 78.0 cm³/mol. The van der Waals surface area contributed by atoms with Gasteiger partial charge in [-0.25, -0.2) is 4.79 Å². The van der Waals surface area contributed by atoms with E-state index in [4.69, 9.17) is 5.11 Å². The van der Waals surface area contributed by atoms with E-state index in [0.717, 1.165) is 35.6 Å². The molecule has 1 N–H and O–H groups in total. The lowest BCUT2D eigenvalue weighted by molar-refractivity contribution is 0.0696. The van der Waals surface area contributed by atoms with Crippen LogP contribution in [0.25, 0.3) is 0 Å². The van der Waals surface area contributed by atoms with Gasteiger partial charge in [0.15, 0.2) is 0 Å². The Kier molecular flexibility index (Phi) is 3.42. The fraction of sp³-hybridized carbons (Fsp3) is 0.286. The van der Waals surface area contributed by atoms with Crippen molar-refractivity contribution < 1.29 is 14.7 Å². The van der Waals surface area contributed by atoms with E-state index < -0.39 is 5.97 Å². The molecule has 0 aliphatic carbocycles. The fourth-order valence-electron chi connectivity index (χ4n) is 2.49. The van der Waals surface area contributed by atoms with Gasteiger partial charge in [0.1, 0.15) is 4.88 Å². The Hall–Kier alpha value is -2.28. The second kappa shape index (κ2) is 5.25. The highest BCUT2D eigenvalue weighted by atomic mass is 32.1. The molecule has 0 atom stereocenters. The van der Waals surface area contributed by atoms with E-state index >= 15 is 0 Å². The lowest BCUT2D eigenvalue weighted by Crippen LogP contribution is -2.35. The highest BCUT2D eigenvalue weighted by molar-refractivity contribution is 7.08. The molecule has 6 nitrogen and oxygen atoms in total. The topological polar surface area (TPSA) is 83.4 Å². The summed E-state index contributed by atoms with van der Waals surface area (Å²) in [6.07, 6.45) is 1.59. The molecule has 0 saturated carbocycles. The van der Waals surface area contributed by atoms with Crippen molar-refractivity contribution in [2.24, 2.45) is 0 Å². The number of carbonyl (C=O) groups excluding carboxylic acids is 1. The minimum Gasteiger partial charge on any atom is -0.478 e. The Bertz CT molecular complexity index is 726. The first-order valence-corrected chi connectivity index (χ1v) is 7.32. The Morgan fingerprint density at radius 3 is 2.86 bits per heavy atom. The van der Waals surface area contributed by atoms with Crippen LogP contribution in [0, 0.1) is 6.92 Å². The zero-order valence-corrected chi connectivity index (χ0v) is 12.2. The molecule has 0 unspecified atom stereocenters. The number of carboxylic acids is 1. The smallest absolute Gasteiger partial charge is 0.335 e. The summed E-state index contributed by atoms with van der Waals surface area (Å²) in [4.78, 5) is 25.9. The molecule has 21 heavy (non-hydrogen) atoms. The molecule has 1 aromatic heterocycles. The van der Waals surface area contributed by atoms with Crippen molar-refractivity contribution >= 4 is 29.1 Å². The molecule has 2 aromatic rings. The van der Waals surface area contributed by atoms with Gasteiger partial charge in [-0.2, -0.15) is 0 Å². The summed E-state index contributed by atoms with van der Waals surface area (Å²) in [7, 11) is 0. The second-order valence-electron chi connectivity index (χ2n) is 4.90. The lowest BCUT2D eigenvalue weighted by atomic mass is 9.99. The first-order valence-electron chi connectivity index (χ1n) is 6.55. The number of carbonyl (C=O) groups is 2. The molecule has 1 aromatic carbocycles. The number of amides is 1. The summed E-state index contributed by atoms with van der Waals surface area (Å²) in [5.74, 6) is -1.07. The first kappa shape index (κ1) is 13.7. The minimum atomic E-state index is -0.955. The van der Waals surface area contributed by atoms with Crippen LogP contribution in [-0.2, 0) is 6.42 Å². The van der Waals surface area contributed by atoms with Crippen LogP contribution in [0.3, 0.4) is 0 Å². The van der Waals surface area contributed by atoms with Gasteiger partial charge in [0.25, 0.3) is 5.91 Å². The number of fused-ring (bicyclic) bond motifs is 1. The van der Waals surface area contributed by atoms with Gasteiger partial charge in [-0.15, -0.1) is 5.10 Å². The van der Waals surface area contributed by atoms with Gasteiger partial charge in [-0.1, -0.05) is 4.49 Å². The van der Waals surface area contributed by atoms with Gasteiger partial charge in [0.05, 0.1) is 11.3 Å². The molecule has 3 rings (SSSR count). The Morgan fingerprint density at radius 1 is 1.38 bits per heavy atom. The van der Waals surface area contributed by atoms with Gasteiger partial charge in [0, 0.05) is 12.2 Å². The number of aromatic nitrogens is 2. The zero-order valence-electron chi connectivity index (χ0n) is 11.4. The van der Waals surface area contributed by atoms with E-state index in [1.807, 2.05) is 0 Å². The van der Waals surface area contributed by atoms with E-state index in [0.29, 0.717) is 17.1 Å². The number of anilines is 1. The van der Waals surface area contributed by atoms with Crippen LogP contribution in [0.4, 0.5) is 5.69 Å². The molecule has 0 fully saturated rings. The number of carboxylic acid groups (broad SMARTS) is 1. The van der Waals surface area contributed by atoms with Crippen molar-refractivity contribution in [3.63, 3.8) is 0 Å². The number of aromatic carboxylic acids is 1. The predicted octanol–water partition coefficient (Wildman–Crippen LogP) is 2.14. The molecule has 108 valence electrons. The monoisotopic (exact) mass is 303 g/mol. The van der Waals surface area contributed by atoms with Gasteiger partial charge >= 0.3 is 5.97 Å². The van der Waals surface area contributed by atoms with Crippen molar-refractivity contribution in [3.8, 4) is 0 Å². The number of hydrogen-bond acceptors (Lipinski definition) is 5. The average molecular weight is 303 g/mol. The third-order valence-corrected chi connectivity index (χ3v) is 4.35. The standard InChI is InChI=1S/C14H13N3O3S/c1-8-12(21-16-15-8)13(18)17-6-2-3-9-7-10(14(19)20)4-5-11(9)17/h4-5,7H,2-3,6H2,1H3,(H,19,20). The molecule has 7 heteroatoms. The first-order chi connectivity index (χ1) is 10.1. The normalized spacial score (nSPS) is 13.9. The summed E-state index contributed by atoms with van der Waals surface area (Å²) in [5.41, 5.74) is 2.55. The summed E-state index contributed by atoms with van der Waals surface area (Å²) in [6, 6.07) is 4.89. The summed E-state index contributed by atoms with van der Waals surface area (Å²) in [6.45, 7) is 2.38. The van der Waals surface area contributed by atoms with Gasteiger partial charge in [-0.3, -0.25) is 4.79 Å². The average Bonchev–Trinajstić information content (AvgIpc) is 2.91. The molecular weight excluding hydrogens is 290 g/mol. The van der Waals surface area contributed by atoms with E-state index in [9.17, 15) is 9.59 Å². The summed E-state index contributed by atoms with van der Waals surface area (Å²) in [5, 5.41) is 12.9. The third-order valence-electron chi connectivity index (χ3n) is 3.54. The maximum Gasteiger partial charge on any atom is 0.335 e. The van der Waals surface area contributed by atoms with Crippen molar-refractivity contribution in [1.82, 2.24) is 9.59 Å². The number of rotatable bonds is 2. The lowest BCUT2D eigenvalue weighted by Gasteiger charge is -2.29. The summed E-state index contributed by atoms with van der Waals surface area (Å²) >= 11 is 1.09. The molecule has 1 aliphatic heterocycles. The van der Waals surface area contributed by atoms with Crippen LogP contribution in [0.1, 0.15) is 37.7 Å². The zero-order chi connectivity index (χ0) is 15.0. The molecule has 0 saturated heterocycles. The van der Waals surface area contributed by atoms with Crippen LogP contribution in [0.2, 0.25) is 0 Å². The SMILES string of the molecule is Cc1nnsc1C(=O)N1CCCc2cc(C(=O)O)ccc21. The molecule has 0 radical (unpaired) electrons. The maximum atomic E-state index is 12.6. The van der Waals surface area contributed by atoms with Crippen molar-refractivity contribution in [3.05, 3.63) is 39.9 Å². The molecule has 1 amide bonds. The van der Waals surface area contributed by atoms with Crippen molar-refractivity contribution in [2.75, 3.05) is 11.4 Å². The van der Waals surface area contributed by atoms with Gasteiger partial charge < -0.3 is 10.0 Å². The number of aryl methyl sites for hydroxylation is 2. The number of nitrogens with zero attached hydrogens (tertiary/aromatic N) is 3. The Morgan fingerprint density at radius 2 is 2.19 bits per heavy atom. The van der Waals surface area contributed by atoms with Gasteiger partial charge in [0.2, 0.25) is 0 Å². The van der Waals surface area contributed by atoms with Crippen LogP contribution in [0.5, 0.6) is 0 Å². The summed E-state index contributed by atoms with van der Waals surface area (Å²) < 4.78 is 3.80.